The highest BCUT2D eigenvalue weighted by Gasteiger charge is 2.36. The van der Waals surface area contributed by atoms with Crippen molar-refractivity contribution in [3.05, 3.63) is 0 Å². The zero-order valence-electron chi connectivity index (χ0n) is 10.7. The molecule has 96 valence electrons. The molecule has 2 amide bonds. The first-order valence-electron chi connectivity index (χ1n) is 6.67. The SMILES string of the molecule is CC(C)CC1NC(=O)CCN(C2CCC2)C1=O. The molecular weight excluding hydrogens is 216 g/mol. The normalized spacial score (nSPS) is 26.8. The monoisotopic (exact) mass is 238 g/mol. The Kier molecular flexibility index (Phi) is 3.69. The van der Waals surface area contributed by atoms with Crippen molar-refractivity contribution in [2.24, 2.45) is 5.92 Å². The fraction of sp³-hybridized carbons (Fsp3) is 0.846. The van der Waals surface area contributed by atoms with E-state index < -0.39 is 0 Å². The van der Waals surface area contributed by atoms with E-state index in [0.29, 0.717) is 24.9 Å². The third-order valence-electron chi connectivity index (χ3n) is 3.72. The van der Waals surface area contributed by atoms with Crippen LogP contribution in [0.2, 0.25) is 0 Å². The Labute approximate surface area is 103 Å². The van der Waals surface area contributed by atoms with Crippen LogP contribution in [0, 0.1) is 5.92 Å². The maximum absolute atomic E-state index is 12.4. The van der Waals surface area contributed by atoms with Crippen molar-refractivity contribution < 1.29 is 9.59 Å². The number of carbonyl (C=O) groups excluding carboxylic acids is 2. The molecule has 2 aliphatic rings. The molecule has 0 radical (unpaired) electrons. The van der Waals surface area contributed by atoms with Gasteiger partial charge in [-0.2, -0.15) is 0 Å². The van der Waals surface area contributed by atoms with Gasteiger partial charge in [-0.1, -0.05) is 13.8 Å². The third-order valence-corrected chi connectivity index (χ3v) is 3.72. The van der Waals surface area contributed by atoms with E-state index >= 15 is 0 Å². The lowest BCUT2D eigenvalue weighted by Gasteiger charge is -2.38. The van der Waals surface area contributed by atoms with Crippen molar-refractivity contribution in [2.45, 2.75) is 58.0 Å². The lowest BCUT2D eigenvalue weighted by atomic mass is 9.90. The van der Waals surface area contributed by atoms with E-state index in [9.17, 15) is 9.59 Å². The second-order valence-electron chi connectivity index (χ2n) is 5.62. The molecule has 4 nitrogen and oxygen atoms in total. The lowest BCUT2D eigenvalue weighted by molar-refractivity contribution is -0.137. The minimum Gasteiger partial charge on any atom is -0.344 e. The summed E-state index contributed by atoms with van der Waals surface area (Å²) < 4.78 is 0. The Balaban J connectivity index is 2.07. The number of amides is 2. The Morgan fingerprint density at radius 1 is 1.35 bits per heavy atom. The van der Waals surface area contributed by atoms with E-state index in [-0.39, 0.29) is 17.9 Å². The molecular formula is C13H22N2O2. The fourth-order valence-corrected chi connectivity index (χ4v) is 2.55. The minimum atomic E-state index is -0.300. The number of hydrogen-bond donors (Lipinski definition) is 1. The molecule has 0 aromatic heterocycles. The molecule has 0 aromatic carbocycles. The highest BCUT2D eigenvalue weighted by atomic mass is 16.2. The van der Waals surface area contributed by atoms with Gasteiger partial charge in [0.25, 0.3) is 0 Å². The number of carbonyl (C=O) groups is 2. The summed E-state index contributed by atoms with van der Waals surface area (Å²) in [5.74, 6) is 0.575. The second-order valence-corrected chi connectivity index (χ2v) is 5.62. The van der Waals surface area contributed by atoms with E-state index in [1.54, 1.807) is 0 Å². The van der Waals surface area contributed by atoms with Crippen LogP contribution in [0.4, 0.5) is 0 Å². The molecule has 4 heteroatoms. The molecule has 1 unspecified atom stereocenters. The van der Waals surface area contributed by atoms with Crippen LogP contribution in [0.1, 0.15) is 46.0 Å². The van der Waals surface area contributed by atoms with Gasteiger partial charge in [-0.3, -0.25) is 9.59 Å². The third kappa shape index (κ3) is 2.79. The molecule has 1 aliphatic carbocycles. The Morgan fingerprint density at radius 2 is 2.06 bits per heavy atom. The molecule has 1 atom stereocenters. The number of hydrogen-bond acceptors (Lipinski definition) is 2. The van der Waals surface area contributed by atoms with Crippen LogP contribution in [0.15, 0.2) is 0 Å². The van der Waals surface area contributed by atoms with E-state index in [1.165, 1.54) is 6.42 Å². The van der Waals surface area contributed by atoms with Crippen LogP contribution >= 0.6 is 0 Å². The van der Waals surface area contributed by atoms with Crippen molar-refractivity contribution >= 4 is 11.8 Å². The van der Waals surface area contributed by atoms with Crippen LogP contribution in [-0.2, 0) is 9.59 Å². The summed E-state index contributed by atoms with van der Waals surface area (Å²) in [5.41, 5.74) is 0. The molecule has 1 heterocycles. The second kappa shape index (κ2) is 5.07. The first kappa shape index (κ1) is 12.4. The number of rotatable bonds is 3. The van der Waals surface area contributed by atoms with E-state index in [4.69, 9.17) is 0 Å². The van der Waals surface area contributed by atoms with Crippen LogP contribution in [0.3, 0.4) is 0 Å². The molecule has 1 saturated carbocycles. The summed E-state index contributed by atoms with van der Waals surface area (Å²) in [7, 11) is 0. The van der Waals surface area contributed by atoms with Gasteiger partial charge in [-0.05, 0) is 31.6 Å². The highest BCUT2D eigenvalue weighted by molar-refractivity contribution is 5.90. The van der Waals surface area contributed by atoms with Crippen molar-refractivity contribution in [3.8, 4) is 0 Å². The quantitative estimate of drug-likeness (QED) is 0.805. The summed E-state index contributed by atoms with van der Waals surface area (Å²) >= 11 is 0. The molecule has 1 aliphatic heterocycles. The van der Waals surface area contributed by atoms with Gasteiger partial charge in [0.05, 0.1) is 0 Å². The first-order valence-corrected chi connectivity index (χ1v) is 6.67. The van der Waals surface area contributed by atoms with Crippen LogP contribution in [0.25, 0.3) is 0 Å². The molecule has 2 rings (SSSR count). The molecule has 2 fully saturated rings. The number of nitrogens with zero attached hydrogens (tertiary/aromatic N) is 1. The number of nitrogens with one attached hydrogen (secondary N) is 1. The van der Waals surface area contributed by atoms with Gasteiger partial charge in [0.2, 0.25) is 11.8 Å². The van der Waals surface area contributed by atoms with Crippen molar-refractivity contribution in [1.29, 1.82) is 0 Å². The molecule has 1 saturated heterocycles. The predicted molar refractivity (Wildman–Crippen MR) is 65.4 cm³/mol. The maximum atomic E-state index is 12.4. The fourth-order valence-electron chi connectivity index (χ4n) is 2.55. The summed E-state index contributed by atoms with van der Waals surface area (Å²) in [6, 6.07) is 0.0930. The summed E-state index contributed by atoms with van der Waals surface area (Å²) in [6.45, 7) is 4.76. The lowest BCUT2D eigenvalue weighted by Crippen LogP contribution is -2.50. The van der Waals surface area contributed by atoms with Crippen LogP contribution < -0.4 is 5.32 Å². The highest BCUT2D eigenvalue weighted by Crippen LogP contribution is 2.27. The molecule has 0 bridgehead atoms. The Morgan fingerprint density at radius 3 is 2.59 bits per heavy atom. The van der Waals surface area contributed by atoms with Gasteiger partial charge < -0.3 is 10.2 Å². The van der Waals surface area contributed by atoms with Gasteiger partial charge in [-0.15, -0.1) is 0 Å². The first-order chi connectivity index (χ1) is 8.08. The molecule has 17 heavy (non-hydrogen) atoms. The van der Waals surface area contributed by atoms with Crippen molar-refractivity contribution in [3.63, 3.8) is 0 Å². The van der Waals surface area contributed by atoms with Crippen LogP contribution in [-0.4, -0.2) is 35.3 Å². The predicted octanol–water partition coefficient (Wildman–Crippen LogP) is 1.30. The van der Waals surface area contributed by atoms with Gasteiger partial charge in [0, 0.05) is 19.0 Å². The van der Waals surface area contributed by atoms with Crippen molar-refractivity contribution in [1.82, 2.24) is 10.2 Å². The van der Waals surface area contributed by atoms with Gasteiger partial charge in [0.15, 0.2) is 0 Å². The Hall–Kier alpha value is -1.06. The van der Waals surface area contributed by atoms with Gasteiger partial charge >= 0.3 is 0 Å². The summed E-state index contributed by atoms with van der Waals surface area (Å²) in [5, 5.41) is 2.86. The van der Waals surface area contributed by atoms with E-state index in [0.717, 1.165) is 19.3 Å². The average molecular weight is 238 g/mol. The summed E-state index contributed by atoms with van der Waals surface area (Å²) in [6.07, 6.45) is 4.62. The topological polar surface area (TPSA) is 49.4 Å². The van der Waals surface area contributed by atoms with E-state index in [1.807, 2.05) is 4.90 Å². The van der Waals surface area contributed by atoms with Gasteiger partial charge in [-0.25, -0.2) is 0 Å². The maximum Gasteiger partial charge on any atom is 0.245 e. The standard InChI is InChI=1S/C13H22N2O2/c1-9(2)8-11-13(17)15(10-4-3-5-10)7-6-12(16)14-11/h9-11H,3-8H2,1-2H3,(H,14,16). The Bertz CT molecular complexity index is 311. The zero-order chi connectivity index (χ0) is 12.4. The minimum absolute atomic E-state index is 0.0193. The smallest absolute Gasteiger partial charge is 0.245 e. The molecule has 0 spiro atoms. The van der Waals surface area contributed by atoms with Gasteiger partial charge in [0.1, 0.15) is 6.04 Å². The average Bonchev–Trinajstić information content (AvgIpc) is 2.28. The molecule has 0 aromatic rings. The van der Waals surface area contributed by atoms with Crippen molar-refractivity contribution in [2.75, 3.05) is 6.54 Å². The zero-order valence-corrected chi connectivity index (χ0v) is 10.7. The molecule has 1 N–H and O–H groups in total. The largest absolute Gasteiger partial charge is 0.344 e. The van der Waals surface area contributed by atoms with Crippen LogP contribution in [0.5, 0.6) is 0 Å². The van der Waals surface area contributed by atoms with E-state index in [2.05, 4.69) is 19.2 Å². The summed E-state index contributed by atoms with van der Waals surface area (Å²) in [4.78, 5) is 25.9.